The smallest absolute Gasteiger partial charge is 0.316 e. The van der Waals surface area contributed by atoms with Crippen molar-refractivity contribution in [2.24, 2.45) is 11.3 Å². The first kappa shape index (κ1) is 17.1. The Morgan fingerprint density at radius 2 is 1.83 bits per heavy atom. The fraction of sp³-hybridized carbons (Fsp3) is 0.833. The number of hydrogen-bond donors (Lipinski definition) is 2. The lowest BCUT2D eigenvalue weighted by Crippen LogP contribution is -2.46. The molecule has 0 aliphatic carbocycles. The van der Waals surface area contributed by atoms with Crippen molar-refractivity contribution in [2.45, 2.75) is 40.2 Å². The van der Waals surface area contributed by atoms with Gasteiger partial charge in [-0.2, -0.15) is 0 Å². The highest BCUT2D eigenvalue weighted by Crippen LogP contribution is 2.26. The van der Waals surface area contributed by atoms with Crippen LogP contribution in [0.3, 0.4) is 0 Å². The summed E-state index contributed by atoms with van der Waals surface area (Å²) in [5, 5.41) is 11.8. The van der Waals surface area contributed by atoms with E-state index < -0.39 is 34.0 Å². The van der Waals surface area contributed by atoms with Crippen LogP contribution in [0.25, 0.3) is 0 Å². The average Bonchev–Trinajstić information content (AvgIpc) is 2.11. The molecule has 2 N–H and O–H groups in total. The van der Waals surface area contributed by atoms with Gasteiger partial charge < -0.3 is 10.4 Å². The third-order valence-electron chi connectivity index (χ3n) is 2.60. The molecule has 0 radical (unpaired) electrons. The van der Waals surface area contributed by atoms with Crippen LogP contribution in [0.4, 0.5) is 0 Å². The molecule has 0 spiro atoms. The summed E-state index contributed by atoms with van der Waals surface area (Å²) in [5.41, 5.74) is -0.636. The second-order valence-corrected chi connectivity index (χ2v) is 7.17. The molecule has 0 bridgehead atoms. The van der Waals surface area contributed by atoms with Crippen LogP contribution in [0.5, 0.6) is 0 Å². The number of aliphatic carboxylic acids is 1. The molecule has 1 amide bonds. The van der Waals surface area contributed by atoms with Gasteiger partial charge in [-0.3, -0.25) is 13.8 Å². The molecule has 5 nitrogen and oxygen atoms in total. The van der Waals surface area contributed by atoms with E-state index in [1.807, 2.05) is 0 Å². The third kappa shape index (κ3) is 6.14. The molecule has 0 rings (SSSR count). The summed E-state index contributed by atoms with van der Waals surface area (Å²) in [4.78, 5) is 23.0. The monoisotopic (exact) mass is 277 g/mol. The van der Waals surface area contributed by atoms with Crippen LogP contribution < -0.4 is 5.32 Å². The minimum Gasteiger partial charge on any atom is -0.481 e. The maximum Gasteiger partial charge on any atom is 0.316 e. The lowest BCUT2D eigenvalue weighted by atomic mass is 9.80. The number of nitrogens with one attached hydrogen (secondary N) is 1. The van der Waals surface area contributed by atoms with Gasteiger partial charge in [0.05, 0.1) is 0 Å². The molecule has 0 aromatic carbocycles. The Hall–Kier alpha value is -0.910. The van der Waals surface area contributed by atoms with Crippen LogP contribution >= 0.6 is 0 Å². The molecule has 6 heteroatoms. The molecular formula is C12H23NO4S. The zero-order valence-electron chi connectivity index (χ0n) is 11.6. The van der Waals surface area contributed by atoms with E-state index in [9.17, 15) is 13.8 Å². The molecule has 0 aliphatic rings. The minimum absolute atomic E-state index is 0.175. The molecule has 18 heavy (non-hydrogen) atoms. The van der Waals surface area contributed by atoms with Gasteiger partial charge in [0.15, 0.2) is 0 Å². The van der Waals surface area contributed by atoms with Gasteiger partial charge in [-0.25, -0.2) is 0 Å². The normalized spacial score (nSPS) is 16.7. The predicted octanol–water partition coefficient (Wildman–Crippen LogP) is 1.01. The molecule has 0 aromatic rings. The standard InChI is InChI=1S/C12H23NO4S/c1-8(6-7-18(5)17)13-10(14)9(11(15)16)12(2,3)4/h8-9H,6-7H2,1-5H3,(H,13,14)(H,15,16). The van der Waals surface area contributed by atoms with Gasteiger partial charge in [0.1, 0.15) is 5.92 Å². The van der Waals surface area contributed by atoms with Crippen molar-refractivity contribution in [1.82, 2.24) is 5.32 Å². The van der Waals surface area contributed by atoms with E-state index in [4.69, 9.17) is 5.11 Å². The average molecular weight is 277 g/mol. The summed E-state index contributed by atoms with van der Waals surface area (Å²) in [6, 6.07) is -0.175. The number of carbonyl (C=O) groups is 2. The number of amides is 1. The van der Waals surface area contributed by atoms with Crippen molar-refractivity contribution in [2.75, 3.05) is 12.0 Å². The number of carboxylic acid groups (broad SMARTS) is 1. The molecule has 0 heterocycles. The molecule has 0 aliphatic heterocycles. The lowest BCUT2D eigenvalue weighted by Gasteiger charge is -2.27. The van der Waals surface area contributed by atoms with E-state index in [0.29, 0.717) is 12.2 Å². The number of carbonyl (C=O) groups excluding carboxylic acids is 1. The first-order chi connectivity index (χ1) is 8.05. The van der Waals surface area contributed by atoms with Gasteiger partial charge in [0, 0.05) is 28.9 Å². The van der Waals surface area contributed by atoms with Gasteiger partial charge in [0.2, 0.25) is 5.91 Å². The molecule has 0 fully saturated rings. The Balaban J connectivity index is 4.53. The van der Waals surface area contributed by atoms with Crippen molar-refractivity contribution < 1.29 is 18.9 Å². The van der Waals surface area contributed by atoms with Crippen LogP contribution in [-0.4, -0.2) is 39.2 Å². The zero-order chi connectivity index (χ0) is 14.5. The highest BCUT2D eigenvalue weighted by atomic mass is 32.2. The summed E-state index contributed by atoms with van der Waals surface area (Å²) in [5.74, 6) is -2.18. The van der Waals surface area contributed by atoms with Crippen molar-refractivity contribution >= 4 is 22.7 Å². The highest BCUT2D eigenvalue weighted by Gasteiger charge is 2.37. The molecular weight excluding hydrogens is 254 g/mol. The van der Waals surface area contributed by atoms with Crippen LogP contribution in [0.2, 0.25) is 0 Å². The molecule has 106 valence electrons. The maximum absolute atomic E-state index is 11.9. The van der Waals surface area contributed by atoms with Crippen LogP contribution in [0, 0.1) is 11.3 Å². The van der Waals surface area contributed by atoms with E-state index in [0.717, 1.165) is 0 Å². The van der Waals surface area contributed by atoms with Gasteiger partial charge in [-0.15, -0.1) is 0 Å². The summed E-state index contributed by atoms with van der Waals surface area (Å²) in [6.45, 7) is 6.94. The summed E-state index contributed by atoms with van der Waals surface area (Å²) >= 11 is 0. The molecule has 3 unspecified atom stereocenters. The fourth-order valence-corrected chi connectivity index (χ4v) is 2.30. The Morgan fingerprint density at radius 1 is 1.33 bits per heavy atom. The minimum atomic E-state index is -1.12. The summed E-state index contributed by atoms with van der Waals surface area (Å²) in [7, 11) is -0.905. The summed E-state index contributed by atoms with van der Waals surface area (Å²) < 4.78 is 10.9. The van der Waals surface area contributed by atoms with Crippen LogP contribution in [-0.2, 0) is 20.4 Å². The zero-order valence-corrected chi connectivity index (χ0v) is 12.5. The van der Waals surface area contributed by atoms with Crippen molar-refractivity contribution in [3.8, 4) is 0 Å². The molecule has 0 saturated carbocycles. The first-order valence-electron chi connectivity index (χ1n) is 5.89. The molecule has 0 aromatic heterocycles. The maximum atomic E-state index is 11.9. The predicted molar refractivity (Wildman–Crippen MR) is 71.7 cm³/mol. The Morgan fingerprint density at radius 3 is 2.17 bits per heavy atom. The van der Waals surface area contributed by atoms with Gasteiger partial charge in [-0.1, -0.05) is 20.8 Å². The van der Waals surface area contributed by atoms with E-state index in [-0.39, 0.29) is 6.04 Å². The summed E-state index contributed by atoms with van der Waals surface area (Å²) in [6.07, 6.45) is 2.18. The van der Waals surface area contributed by atoms with E-state index in [1.165, 1.54) is 0 Å². The second-order valence-electron chi connectivity index (χ2n) is 5.61. The topological polar surface area (TPSA) is 83.5 Å². The Labute approximate surface area is 111 Å². The first-order valence-corrected chi connectivity index (χ1v) is 7.61. The Bertz CT molecular complexity index is 335. The Kier molecular flexibility index (Phi) is 6.52. The largest absolute Gasteiger partial charge is 0.481 e. The van der Waals surface area contributed by atoms with Crippen molar-refractivity contribution in [3.05, 3.63) is 0 Å². The van der Waals surface area contributed by atoms with Gasteiger partial charge >= 0.3 is 5.97 Å². The SMILES string of the molecule is CC(CCS(C)=O)NC(=O)C(C(=O)O)C(C)(C)C. The second kappa shape index (κ2) is 6.87. The number of carboxylic acids is 1. The highest BCUT2D eigenvalue weighted by molar-refractivity contribution is 7.84. The van der Waals surface area contributed by atoms with Gasteiger partial charge in [0.25, 0.3) is 0 Å². The lowest BCUT2D eigenvalue weighted by molar-refractivity contribution is -0.151. The third-order valence-corrected chi connectivity index (χ3v) is 3.41. The van der Waals surface area contributed by atoms with E-state index >= 15 is 0 Å². The quantitative estimate of drug-likeness (QED) is 0.710. The number of rotatable bonds is 6. The van der Waals surface area contributed by atoms with Crippen molar-refractivity contribution in [3.63, 3.8) is 0 Å². The van der Waals surface area contributed by atoms with Crippen LogP contribution in [0.15, 0.2) is 0 Å². The van der Waals surface area contributed by atoms with Crippen LogP contribution in [0.1, 0.15) is 34.1 Å². The number of hydrogen-bond acceptors (Lipinski definition) is 3. The molecule has 3 atom stereocenters. The van der Waals surface area contributed by atoms with E-state index in [1.54, 1.807) is 34.0 Å². The van der Waals surface area contributed by atoms with E-state index in [2.05, 4.69) is 5.32 Å². The fourth-order valence-electron chi connectivity index (χ4n) is 1.62. The molecule has 0 saturated heterocycles. The van der Waals surface area contributed by atoms with Crippen molar-refractivity contribution in [1.29, 1.82) is 0 Å². The van der Waals surface area contributed by atoms with Gasteiger partial charge in [-0.05, 0) is 18.8 Å².